The number of nitrogens with two attached hydrogens (primary N) is 1. The van der Waals surface area contributed by atoms with Crippen LogP contribution < -0.4 is 5.73 Å². The first-order valence-corrected chi connectivity index (χ1v) is 3.88. The van der Waals surface area contributed by atoms with Crippen LogP contribution >= 0.6 is 0 Å². The number of hydrogen-bond donors (Lipinski definition) is 1. The number of nitriles is 1. The molecule has 0 spiro atoms. The van der Waals surface area contributed by atoms with Crippen LogP contribution in [0.3, 0.4) is 0 Å². The molecule has 1 aromatic carbocycles. The van der Waals surface area contributed by atoms with E-state index in [0.29, 0.717) is 6.07 Å². The minimum absolute atomic E-state index is 0.259. The molecule has 0 heterocycles. The summed E-state index contributed by atoms with van der Waals surface area (Å²) in [5, 5.41) is 8.36. The molecule has 16 heavy (non-hydrogen) atoms. The Hall–Kier alpha value is -2.10. The zero-order valence-corrected chi connectivity index (χ0v) is 7.60. The Morgan fingerprint density at radius 1 is 1.38 bits per heavy atom. The van der Waals surface area contributed by atoms with Crippen LogP contribution in [-0.2, 0) is 6.18 Å². The monoisotopic (exact) mass is 232 g/mol. The maximum atomic E-state index is 13.0. The summed E-state index contributed by atoms with van der Waals surface area (Å²) < 4.78 is 50.2. The molecule has 0 aliphatic rings. The van der Waals surface area contributed by atoms with Gasteiger partial charge in [0.2, 0.25) is 5.91 Å². The first-order valence-electron chi connectivity index (χ1n) is 3.88. The van der Waals surface area contributed by atoms with Crippen molar-refractivity contribution in [2.75, 3.05) is 0 Å². The second-order valence-corrected chi connectivity index (χ2v) is 2.85. The van der Waals surface area contributed by atoms with Crippen LogP contribution in [0.5, 0.6) is 0 Å². The highest BCUT2D eigenvalue weighted by Gasteiger charge is 2.35. The van der Waals surface area contributed by atoms with Gasteiger partial charge in [-0.05, 0) is 12.1 Å². The van der Waals surface area contributed by atoms with Gasteiger partial charge in [0.1, 0.15) is 11.9 Å². The smallest absolute Gasteiger partial charge is 0.366 e. The van der Waals surface area contributed by atoms with Crippen LogP contribution in [0.25, 0.3) is 0 Å². The first kappa shape index (κ1) is 12.0. The molecule has 0 aliphatic carbocycles. The predicted octanol–water partition coefficient (Wildman–Crippen LogP) is 1.82. The van der Waals surface area contributed by atoms with Crippen molar-refractivity contribution >= 4 is 5.91 Å². The third-order valence-electron chi connectivity index (χ3n) is 1.80. The van der Waals surface area contributed by atoms with E-state index < -0.39 is 34.6 Å². The van der Waals surface area contributed by atoms with Crippen LogP contribution in [0, 0.1) is 17.1 Å². The van der Waals surface area contributed by atoms with Gasteiger partial charge in [-0.2, -0.15) is 18.4 Å². The molecule has 0 unspecified atom stereocenters. The Balaban J connectivity index is 3.57. The van der Waals surface area contributed by atoms with Crippen molar-refractivity contribution in [2.24, 2.45) is 5.73 Å². The van der Waals surface area contributed by atoms with Gasteiger partial charge in [0, 0.05) is 0 Å². The van der Waals surface area contributed by atoms with Crippen molar-refractivity contribution < 1.29 is 22.4 Å². The number of rotatable bonds is 1. The molecule has 0 fully saturated rings. The summed E-state index contributed by atoms with van der Waals surface area (Å²) in [4.78, 5) is 10.7. The summed E-state index contributed by atoms with van der Waals surface area (Å²) in [6.45, 7) is 0. The lowest BCUT2D eigenvalue weighted by Gasteiger charge is -2.11. The summed E-state index contributed by atoms with van der Waals surface area (Å²) in [7, 11) is 0. The molecule has 0 aromatic heterocycles. The zero-order valence-electron chi connectivity index (χ0n) is 7.60. The molecular weight excluding hydrogens is 228 g/mol. The van der Waals surface area contributed by atoms with Gasteiger partial charge in [0.15, 0.2) is 0 Å². The fourth-order valence-electron chi connectivity index (χ4n) is 1.10. The fraction of sp³-hybridized carbons (Fsp3) is 0.111. The summed E-state index contributed by atoms with van der Waals surface area (Å²) in [6.07, 6.45) is -4.87. The first-order chi connectivity index (χ1) is 7.27. The van der Waals surface area contributed by atoms with E-state index in [2.05, 4.69) is 5.73 Å². The largest absolute Gasteiger partial charge is 0.417 e. The molecule has 2 N–H and O–H groups in total. The van der Waals surface area contributed by atoms with E-state index in [1.54, 1.807) is 0 Å². The van der Waals surface area contributed by atoms with Gasteiger partial charge >= 0.3 is 6.18 Å². The second-order valence-electron chi connectivity index (χ2n) is 2.85. The number of carbonyl (C=O) groups excluding carboxylic acids is 1. The number of nitrogens with zero attached hydrogens (tertiary/aromatic N) is 1. The molecule has 7 heteroatoms. The number of hydrogen-bond acceptors (Lipinski definition) is 2. The van der Waals surface area contributed by atoms with Gasteiger partial charge < -0.3 is 5.73 Å². The Bertz CT molecular complexity index is 488. The SMILES string of the molecule is N#Cc1cc(C(F)(F)F)c(C(N)=O)cc1F. The molecule has 3 nitrogen and oxygen atoms in total. The zero-order chi connectivity index (χ0) is 12.5. The van der Waals surface area contributed by atoms with E-state index in [0.717, 1.165) is 0 Å². The standard InChI is InChI=1S/C9H4F4N2O/c10-7-2-5(8(15)16)6(9(11,12)13)1-4(7)3-14/h1-2H,(H2,15,16). The number of benzene rings is 1. The topological polar surface area (TPSA) is 66.9 Å². The third-order valence-corrected chi connectivity index (χ3v) is 1.80. The molecule has 1 amide bonds. The summed E-state index contributed by atoms with van der Waals surface area (Å²) in [5.41, 5.74) is 1.47. The minimum Gasteiger partial charge on any atom is -0.366 e. The fourth-order valence-corrected chi connectivity index (χ4v) is 1.10. The van der Waals surface area contributed by atoms with Crippen molar-refractivity contribution in [3.63, 3.8) is 0 Å². The highest BCUT2D eigenvalue weighted by molar-refractivity contribution is 5.94. The lowest BCUT2D eigenvalue weighted by Crippen LogP contribution is -2.19. The third kappa shape index (κ3) is 2.11. The van der Waals surface area contributed by atoms with E-state index in [-0.39, 0.29) is 6.07 Å². The van der Waals surface area contributed by atoms with Crippen LogP contribution in [-0.4, -0.2) is 5.91 Å². The average Bonchev–Trinajstić information content (AvgIpc) is 2.15. The highest BCUT2D eigenvalue weighted by Crippen LogP contribution is 2.33. The minimum atomic E-state index is -4.87. The maximum Gasteiger partial charge on any atom is 0.417 e. The molecule has 0 aliphatic heterocycles. The van der Waals surface area contributed by atoms with E-state index in [1.165, 1.54) is 6.07 Å². The maximum absolute atomic E-state index is 13.0. The van der Waals surface area contributed by atoms with Crippen molar-refractivity contribution in [1.29, 1.82) is 5.26 Å². The Morgan fingerprint density at radius 3 is 2.31 bits per heavy atom. The molecule has 0 saturated heterocycles. The van der Waals surface area contributed by atoms with Crippen LogP contribution in [0.1, 0.15) is 21.5 Å². The number of primary amides is 1. The Kier molecular flexibility index (Phi) is 2.85. The number of carbonyl (C=O) groups is 1. The molecule has 84 valence electrons. The molecule has 0 saturated carbocycles. The van der Waals surface area contributed by atoms with Crippen molar-refractivity contribution in [1.82, 2.24) is 0 Å². The summed E-state index contributed by atoms with van der Waals surface area (Å²) in [5.74, 6) is -2.62. The average molecular weight is 232 g/mol. The predicted molar refractivity (Wildman–Crippen MR) is 44.6 cm³/mol. The Labute approximate surface area is 87.1 Å². The molecule has 0 atom stereocenters. The van der Waals surface area contributed by atoms with E-state index in [9.17, 15) is 22.4 Å². The van der Waals surface area contributed by atoms with E-state index in [1.807, 2.05) is 0 Å². The lowest BCUT2D eigenvalue weighted by molar-refractivity contribution is -0.138. The highest BCUT2D eigenvalue weighted by atomic mass is 19.4. The van der Waals surface area contributed by atoms with Gasteiger partial charge in [-0.1, -0.05) is 0 Å². The van der Waals surface area contributed by atoms with Gasteiger partial charge in [-0.3, -0.25) is 4.79 Å². The molecule has 1 rings (SSSR count). The van der Waals surface area contributed by atoms with E-state index >= 15 is 0 Å². The normalized spacial score (nSPS) is 10.9. The van der Waals surface area contributed by atoms with Crippen LogP contribution in [0.4, 0.5) is 17.6 Å². The van der Waals surface area contributed by atoms with Gasteiger partial charge in [-0.25, -0.2) is 4.39 Å². The van der Waals surface area contributed by atoms with Crippen molar-refractivity contribution in [3.05, 3.63) is 34.6 Å². The molecular formula is C9H4F4N2O. The molecule has 0 bridgehead atoms. The Morgan fingerprint density at radius 2 is 1.94 bits per heavy atom. The second kappa shape index (κ2) is 3.81. The molecule has 1 aromatic rings. The van der Waals surface area contributed by atoms with Gasteiger partial charge in [0.05, 0.1) is 16.7 Å². The van der Waals surface area contributed by atoms with Gasteiger partial charge in [0.25, 0.3) is 0 Å². The van der Waals surface area contributed by atoms with E-state index in [4.69, 9.17) is 5.26 Å². The van der Waals surface area contributed by atoms with Crippen molar-refractivity contribution in [2.45, 2.75) is 6.18 Å². The lowest BCUT2D eigenvalue weighted by atomic mass is 10.0. The van der Waals surface area contributed by atoms with Crippen molar-refractivity contribution in [3.8, 4) is 6.07 Å². The van der Waals surface area contributed by atoms with Gasteiger partial charge in [-0.15, -0.1) is 0 Å². The number of amides is 1. The summed E-state index contributed by atoms with van der Waals surface area (Å²) in [6, 6.07) is 1.82. The summed E-state index contributed by atoms with van der Waals surface area (Å²) >= 11 is 0. The number of alkyl halides is 3. The van der Waals surface area contributed by atoms with Crippen LogP contribution in [0.2, 0.25) is 0 Å². The van der Waals surface area contributed by atoms with Crippen LogP contribution in [0.15, 0.2) is 12.1 Å². The number of halogens is 4. The quantitative estimate of drug-likeness (QED) is 0.750. The molecule has 0 radical (unpaired) electrons.